The Hall–Kier alpha value is -5.76. The summed E-state index contributed by atoms with van der Waals surface area (Å²) in [4.78, 5) is 35.8. The first kappa shape index (κ1) is 32.8. The van der Waals surface area contributed by atoms with E-state index in [9.17, 15) is 22.8 Å². The number of urea groups is 1. The molecule has 5 aromatic rings. The fourth-order valence-corrected chi connectivity index (χ4v) is 6.01. The van der Waals surface area contributed by atoms with Gasteiger partial charge < -0.3 is 29.0 Å². The van der Waals surface area contributed by atoms with Gasteiger partial charge in [-0.2, -0.15) is 0 Å². The van der Waals surface area contributed by atoms with E-state index in [1.54, 1.807) is 18.2 Å². The number of halogens is 3. The third-order valence-corrected chi connectivity index (χ3v) is 9.00. The van der Waals surface area contributed by atoms with Crippen molar-refractivity contribution in [2.75, 3.05) is 50.2 Å². The largest absolute Gasteiger partial charge is 0.454 e. The van der Waals surface area contributed by atoms with E-state index < -0.39 is 34.7 Å². The maximum atomic E-state index is 14.2. The van der Waals surface area contributed by atoms with Crippen molar-refractivity contribution in [3.05, 3.63) is 101 Å². The number of aromatic nitrogens is 2. The average molecular weight is 687 g/mol. The molecule has 1 N–H and O–H groups in total. The minimum absolute atomic E-state index is 0.0419. The van der Waals surface area contributed by atoms with Crippen molar-refractivity contribution in [2.24, 2.45) is 7.05 Å². The number of hydrogen-bond acceptors (Lipinski definition) is 7. The zero-order valence-electron chi connectivity index (χ0n) is 27.5. The maximum Gasteiger partial charge on any atom is 0.326 e. The molecule has 3 aromatic carbocycles. The van der Waals surface area contributed by atoms with Gasteiger partial charge in [-0.15, -0.1) is 0 Å². The lowest BCUT2D eigenvalue weighted by atomic mass is 10.1. The van der Waals surface area contributed by atoms with Crippen LogP contribution in [0.2, 0.25) is 0 Å². The lowest BCUT2D eigenvalue weighted by Gasteiger charge is -2.34. The quantitative estimate of drug-likeness (QED) is 0.197. The van der Waals surface area contributed by atoms with Gasteiger partial charge in [0.15, 0.2) is 23.1 Å². The number of amides is 3. The Kier molecular flexibility index (Phi) is 8.70. The van der Waals surface area contributed by atoms with Gasteiger partial charge >= 0.3 is 6.03 Å². The number of pyridine rings is 1. The molecule has 14 heteroatoms. The van der Waals surface area contributed by atoms with Crippen molar-refractivity contribution in [1.82, 2.24) is 19.4 Å². The number of ether oxygens (including phenoxy) is 3. The summed E-state index contributed by atoms with van der Waals surface area (Å²) >= 11 is 0. The number of nitrogens with zero attached hydrogens (tertiary/aromatic N) is 5. The van der Waals surface area contributed by atoms with E-state index in [0.717, 1.165) is 65.5 Å². The minimum Gasteiger partial charge on any atom is -0.454 e. The molecule has 1 fully saturated rings. The first-order valence-electron chi connectivity index (χ1n) is 15.9. The summed E-state index contributed by atoms with van der Waals surface area (Å²) in [6.45, 7) is 4.83. The van der Waals surface area contributed by atoms with Crippen LogP contribution in [0.3, 0.4) is 0 Å². The topological polar surface area (TPSA) is 101 Å². The molecule has 2 aromatic heterocycles. The van der Waals surface area contributed by atoms with Crippen molar-refractivity contribution >= 4 is 34.2 Å². The lowest BCUT2D eigenvalue weighted by Crippen LogP contribution is -2.48. The summed E-state index contributed by atoms with van der Waals surface area (Å²) in [5.74, 6) is -1.50. The predicted molar refractivity (Wildman–Crippen MR) is 179 cm³/mol. The molecule has 0 aliphatic carbocycles. The molecule has 7 rings (SSSR count). The van der Waals surface area contributed by atoms with E-state index in [1.807, 2.05) is 52.9 Å². The molecule has 1 saturated heterocycles. The van der Waals surface area contributed by atoms with Crippen LogP contribution in [0.4, 0.5) is 29.3 Å². The number of carbonyl (C=O) groups excluding carboxylic acids is 2. The highest BCUT2D eigenvalue weighted by molar-refractivity contribution is 6.01. The van der Waals surface area contributed by atoms with Crippen molar-refractivity contribution in [3.8, 4) is 23.1 Å². The lowest BCUT2D eigenvalue weighted by molar-refractivity contribution is 0.0619. The van der Waals surface area contributed by atoms with Crippen LogP contribution >= 0.6 is 0 Å². The van der Waals surface area contributed by atoms with Gasteiger partial charge in [-0.1, -0.05) is 6.07 Å². The molecule has 50 heavy (non-hydrogen) atoms. The van der Waals surface area contributed by atoms with Crippen molar-refractivity contribution in [2.45, 2.75) is 13.5 Å². The molecule has 0 bridgehead atoms. The molecule has 11 nitrogen and oxygen atoms in total. The molecule has 258 valence electrons. The summed E-state index contributed by atoms with van der Waals surface area (Å²) in [7, 11) is 3.26. The van der Waals surface area contributed by atoms with Gasteiger partial charge in [-0.3, -0.25) is 14.6 Å². The number of carbonyl (C=O) groups is 2. The molecule has 2 aliphatic rings. The SMILES string of the molecule is Cc1c(F)cc(NC(=O)N(C)c2ccc(Oc3ccc4c(c3)cc(C(=O)N3CCN(Cc5ccc6c(c5)OCO6)CC3)n4C)nc2)c(F)c1F. The molecule has 2 aliphatic heterocycles. The number of fused-ring (bicyclic) bond motifs is 2. The van der Waals surface area contributed by atoms with Gasteiger partial charge in [0.1, 0.15) is 17.3 Å². The second-order valence-electron chi connectivity index (χ2n) is 12.2. The molecule has 0 radical (unpaired) electrons. The maximum absolute atomic E-state index is 14.2. The molecular weight excluding hydrogens is 653 g/mol. The standard InChI is InChI=1S/C36H33F3N6O5/c1-21-26(37)17-27(34(39)33(21)38)41-36(47)42(2)24-5-9-32(40-18-24)50-25-6-7-28-23(15-25)16-29(43(28)3)35(46)45-12-10-44(11-13-45)19-22-4-8-30-31(14-22)49-20-48-30/h4-9,14-18H,10-13,19-20H2,1-3H3,(H,41,47). The van der Waals surface area contributed by atoms with E-state index in [2.05, 4.69) is 15.2 Å². The van der Waals surface area contributed by atoms with Crippen LogP contribution in [0.1, 0.15) is 21.6 Å². The van der Waals surface area contributed by atoms with Gasteiger partial charge in [0.25, 0.3) is 5.91 Å². The minimum atomic E-state index is -1.37. The second kappa shape index (κ2) is 13.3. The highest BCUT2D eigenvalue weighted by Gasteiger charge is 2.26. The van der Waals surface area contributed by atoms with Gasteiger partial charge in [-0.25, -0.2) is 22.9 Å². The van der Waals surface area contributed by atoms with Crippen molar-refractivity contribution in [3.63, 3.8) is 0 Å². The molecular formula is C36H33F3N6O5. The summed E-state index contributed by atoms with van der Waals surface area (Å²) in [6.07, 6.45) is 1.37. The Bertz CT molecular complexity index is 2110. The fourth-order valence-electron chi connectivity index (χ4n) is 6.01. The van der Waals surface area contributed by atoms with Crippen LogP contribution in [0.15, 0.2) is 66.9 Å². The predicted octanol–water partition coefficient (Wildman–Crippen LogP) is 6.45. The Morgan fingerprint density at radius 3 is 2.48 bits per heavy atom. The molecule has 4 heterocycles. The van der Waals surface area contributed by atoms with Crippen LogP contribution in [-0.2, 0) is 13.6 Å². The van der Waals surface area contributed by atoms with Crippen LogP contribution in [0, 0.1) is 24.4 Å². The number of piperazine rings is 1. The number of aryl methyl sites for hydroxylation is 1. The van der Waals surface area contributed by atoms with E-state index in [1.165, 1.54) is 13.2 Å². The Morgan fingerprint density at radius 1 is 0.940 bits per heavy atom. The highest BCUT2D eigenvalue weighted by Crippen LogP contribution is 2.33. The van der Waals surface area contributed by atoms with Gasteiger partial charge in [-0.05, 0) is 55.0 Å². The highest BCUT2D eigenvalue weighted by atomic mass is 19.2. The van der Waals surface area contributed by atoms with Crippen LogP contribution in [0.5, 0.6) is 23.1 Å². The Labute approximate surface area is 285 Å². The number of benzene rings is 3. The Balaban J connectivity index is 0.965. The molecule has 0 spiro atoms. The summed E-state index contributed by atoms with van der Waals surface area (Å²) in [5.41, 5.74) is 1.79. The first-order chi connectivity index (χ1) is 24.0. The molecule has 0 saturated carbocycles. The van der Waals surface area contributed by atoms with Crippen LogP contribution < -0.4 is 24.4 Å². The van der Waals surface area contributed by atoms with Gasteiger partial charge in [0.2, 0.25) is 12.7 Å². The van der Waals surface area contributed by atoms with E-state index in [-0.39, 0.29) is 18.6 Å². The second-order valence-corrected chi connectivity index (χ2v) is 12.2. The normalized spacial score (nSPS) is 14.2. The fraction of sp³-hybridized carbons (Fsp3) is 0.250. The van der Waals surface area contributed by atoms with Gasteiger partial charge in [0.05, 0.1) is 17.6 Å². The third kappa shape index (κ3) is 6.36. The van der Waals surface area contributed by atoms with E-state index >= 15 is 0 Å². The summed E-state index contributed by atoms with van der Waals surface area (Å²) < 4.78 is 60.8. The smallest absolute Gasteiger partial charge is 0.326 e. The van der Waals surface area contributed by atoms with E-state index in [0.29, 0.717) is 30.2 Å². The van der Waals surface area contributed by atoms with Crippen molar-refractivity contribution < 1.29 is 37.0 Å². The number of anilines is 2. The number of nitrogens with one attached hydrogen (secondary N) is 1. The van der Waals surface area contributed by atoms with Crippen LogP contribution in [0.25, 0.3) is 10.9 Å². The third-order valence-electron chi connectivity index (χ3n) is 9.00. The zero-order chi connectivity index (χ0) is 35.1. The Morgan fingerprint density at radius 2 is 1.72 bits per heavy atom. The monoisotopic (exact) mass is 686 g/mol. The number of hydrogen-bond donors (Lipinski definition) is 1. The first-order valence-corrected chi connectivity index (χ1v) is 15.9. The number of rotatable bonds is 7. The molecule has 0 atom stereocenters. The average Bonchev–Trinajstić information content (AvgIpc) is 3.73. The van der Waals surface area contributed by atoms with Crippen LogP contribution in [-0.4, -0.2) is 71.3 Å². The summed E-state index contributed by atoms with van der Waals surface area (Å²) in [5, 5.41) is 2.99. The summed E-state index contributed by atoms with van der Waals surface area (Å²) in [6, 6.07) is 16.3. The van der Waals surface area contributed by atoms with E-state index in [4.69, 9.17) is 14.2 Å². The molecule has 0 unspecified atom stereocenters. The van der Waals surface area contributed by atoms with Gasteiger partial charge in [0, 0.05) is 75.4 Å². The zero-order valence-corrected chi connectivity index (χ0v) is 27.5. The molecule has 3 amide bonds. The van der Waals surface area contributed by atoms with Crippen molar-refractivity contribution in [1.29, 1.82) is 0 Å².